The Labute approximate surface area is 112 Å². The molecule has 4 heteroatoms. The zero-order valence-corrected chi connectivity index (χ0v) is 11.6. The van der Waals surface area contributed by atoms with Crippen LogP contribution in [0.4, 0.5) is 0 Å². The van der Waals surface area contributed by atoms with Crippen LogP contribution in [0.25, 0.3) is 0 Å². The Morgan fingerprint density at radius 2 is 2.12 bits per heavy atom. The lowest BCUT2D eigenvalue weighted by Gasteiger charge is -2.19. The fraction of sp³-hybridized carbons (Fsp3) is 0.462. The molecule has 1 aromatic rings. The summed E-state index contributed by atoms with van der Waals surface area (Å²) in [6.45, 7) is 3.97. The molecule has 0 saturated carbocycles. The summed E-state index contributed by atoms with van der Waals surface area (Å²) in [5.74, 6) is 0.801. The molecule has 0 saturated heterocycles. The molecule has 2 unspecified atom stereocenters. The van der Waals surface area contributed by atoms with Crippen molar-refractivity contribution in [3.63, 3.8) is 0 Å². The summed E-state index contributed by atoms with van der Waals surface area (Å²) in [6, 6.07) is 7.41. The molecule has 17 heavy (non-hydrogen) atoms. The molecule has 0 spiro atoms. The van der Waals surface area contributed by atoms with E-state index < -0.39 is 0 Å². The molecule has 1 aromatic carbocycles. The third-order valence-electron chi connectivity index (χ3n) is 2.74. The smallest absolute Gasteiger partial charge is 0.224 e. The van der Waals surface area contributed by atoms with Crippen molar-refractivity contribution in [1.29, 1.82) is 0 Å². The van der Waals surface area contributed by atoms with Crippen molar-refractivity contribution in [2.24, 2.45) is 5.92 Å². The van der Waals surface area contributed by atoms with Gasteiger partial charge in [0.15, 0.2) is 0 Å². The molecule has 0 aliphatic heterocycles. The molecule has 2 nitrogen and oxygen atoms in total. The molecule has 1 rings (SSSR count). The highest BCUT2D eigenvalue weighted by Gasteiger charge is 2.13. The molecule has 0 aliphatic rings. The van der Waals surface area contributed by atoms with E-state index in [2.05, 4.69) is 5.32 Å². The number of carbonyl (C=O) groups excluding carboxylic acids is 1. The minimum absolute atomic E-state index is 0.00302. The lowest BCUT2D eigenvalue weighted by molar-refractivity contribution is -0.121. The van der Waals surface area contributed by atoms with Crippen LogP contribution in [0.3, 0.4) is 0 Å². The first-order valence-corrected chi connectivity index (χ1v) is 6.54. The molecule has 0 aliphatic carbocycles. The molecule has 0 aromatic heterocycles. The van der Waals surface area contributed by atoms with Crippen LogP contribution in [0.2, 0.25) is 5.02 Å². The Morgan fingerprint density at radius 3 is 2.71 bits per heavy atom. The van der Waals surface area contributed by atoms with E-state index in [9.17, 15) is 4.79 Å². The number of benzene rings is 1. The number of halogens is 2. The van der Waals surface area contributed by atoms with E-state index in [1.165, 1.54) is 0 Å². The molecular formula is C13H17Cl2NO. The van der Waals surface area contributed by atoms with Crippen LogP contribution in [0.5, 0.6) is 0 Å². The average Bonchev–Trinajstić information content (AvgIpc) is 2.27. The predicted octanol–water partition coefficient (Wildman–Crippen LogP) is 3.26. The maximum absolute atomic E-state index is 11.8. The molecule has 0 radical (unpaired) electrons. The first-order valence-electron chi connectivity index (χ1n) is 5.62. The number of rotatable bonds is 5. The minimum atomic E-state index is -0.00302. The molecule has 1 amide bonds. The molecule has 0 bridgehead atoms. The SMILES string of the molecule is CC(CCl)C(C)NC(=O)Cc1cccc(Cl)c1. The fourth-order valence-corrected chi connectivity index (χ4v) is 1.89. The standard InChI is InChI=1S/C13H17Cl2NO/c1-9(8-14)10(2)16-13(17)7-11-4-3-5-12(15)6-11/h3-6,9-10H,7-8H2,1-2H3,(H,16,17). The van der Waals surface area contributed by atoms with Crippen molar-refractivity contribution in [3.05, 3.63) is 34.9 Å². The van der Waals surface area contributed by atoms with Crippen LogP contribution >= 0.6 is 23.2 Å². The van der Waals surface area contributed by atoms with Crippen LogP contribution < -0.4 is 5.32 Å². The van der Waals surface area contributed by atoms with Gasteiger partial charge in [-0.05, 0) is 30.5 Å². The van der Waals surface area contributed by atoms with E-state index in [0.717, 1.165) is 5.56 Å². The molecule has 1 N–H and O–H groups in total. The van der Waals surface area contributed by atoms with Gasteiger partial charge in [0.1, 0.15) is 0 Å². The normalized spacial score (nSPS) is 14.1. The second kappa shape index (κ2) is 6.87. The second-order valence-electron chi connectivity index (χ2n) is 4.29. The van der Waals surface area contributed by atoms with Gasteiger partial charge in [-0.2, -0.15) is 0 Å². The third kappa shape index (κ3) is 4.97. The van der Waals surface area contributed by atoms with E-state index in [1.54, 1.807) is 12.1 Å². The van der Waals surface area contributed by atoms with Crippen molar-refractivity contribution >= 4 is 29.1 Å². The molecule has 2 atom stereocenters. The highest BCUT2D eigenvalue weighted by Crippen LogP contribution is 2.11. The molecule has 0 heterocycles. The first-order chi connectivity index (χ1) is 8.02. The number of hydrogen-bond acceptors (Lipinski definition) is 1. The summed E-state index contributed by atoms with van der Waals surface area (Å²) in [5.41, 5.74) is 0.917. The van der Waals surface area contributed by atoms with E-state index in [-0.39, 0.29) is 17.9 Å². The summed E-state index contributed by atoms with van der Waals surface area (Å²) in [6.07, 6.45) is 0.347. The summed E-state index contributed by atoms with van der Waals surface area (Å²) >= 11 is 11.6. The van der Waals surface area contributed by atoms with Gasteiger partial charge >= 0.3 is 0 Å². The fourth-order valence-electron chi connectivity index (χ4n) is 1.41. The zero-order chi connectivity index (χ0) is 12.8. The number of hydrogen-bond donors (Lipinski definition) is 1. The lowest BCUT2D eigenvalue weighted by Crippen LogP contribution is -2.38. The van der Waals surface area contributed by atoms with Crippen LogP contribution in [-0.2, 0) is 11.2 Å². The van der Waals surface area contributed by atoms with Gasteiger partial charge in [0.2, 0.25) is 5.91 Å². The van der Waals surface area contributed by atoms with Gasteiger partial charge in [0.05, 0.1) is 6.42 Å². The van der Waals surface area contributed by atoms with Gasteiger partial charge in [-0.25, -0.2) is 0 Å². The quantitative estimate of drug-likeness (QED) is 0.820. The minimum Gasteiger partial charge on any atom is -0.353 e. The summed E-state index contributed by atoms with van der Waals surface area (Å²) < 4.78 is 0. The summed E-state index contributed by atoms with van der Waals surface area (Å²) in [5, 5.41) is 3.58. The largest absolute Gasteiger partial charge is 0.353 e. The number of alkyl halides is 1. The van der Waals surface area contributed by atoms with Crippen LogP contribution in [0.15, 0.2) is 24.3 Å². The van der Waals surface area contributed by atoms with Gasteiger partial charge in [0, 0.05) is 16.9 Å². The van der Waals surface area contributed by atoms with Gasteiger partial charge in [-0.15, -0.1) is 11.6 Å². The Bertz CT molecular complexity index is 381. The van der Waals surface area contributed by atoms with Gasteiger partial charge in [-0.3, -0.25) is 4.79 Å². The molecule has 94 valence electrons. The van der Waals surface area contributed by atoms with Gasteiger partial charge < -0.3 is 5.32 Å². The van der Waals surface area contributed by atoms with Crippen molar-refractivity contribution < 1.29 is 4.79 Å². The lowest BCUT2D eigenvalue weighted by atomic mass is 10.1. The maximum Gasteiger partial charge on any atom is 0.224 e. The maximum atomic E-state index is 11.8. The van der Waals surface area contributed by atoms with Crippen molar-refractivity contribution in [1.82, 2.24) is 5.32 Å². The number of nitrogens with one attached hydrogen (secondary N) is 1. The van der Waals surface area contributed by atoms with Gasteiger partial charge in [0.25, 0.3) is 0 Å². The van der Waals surface area contributed by atoms with E-state index in [0.29, 0.717) is 17.3 Å². The Hall–Kier alpha value is -0.730. The zero-order valence-electron chi connectivity index (χ0n) is 10.0. The van der Waals surface area contributed by atoms with Crippen LogP contribution in [-0.4, -0.2) is 17.8 Å². The Balaban J connectivity index is 2.50. The van der Waals surface area contributed by atoms with Crippen LogP contribution in [0, 0.1) is 5.92 Å². The average molecular weight is 274 g/mol. The Morgan fingerprint density at radius 1 is 1.41 bits per heavy atom. The summed E-state index contributed by atoms with van der Waals surface area (Å²) in [4.78, 5) is 11.8. The monoisotopic (exact) mass is 273 g/mol. The molecule has 0 fully saturated rings. The topological polar surface area (TPSA) is 29.1 Å². The second-order valence-corrected chi connectivity index (χ2v) is 5.04. The predicted molar refractivity (Wildman–Crippen MR) is 72.6 cm³/mol. The summed E-state index contributed by atoms with van der Waals surface area (Å²) in [7, 11) is 0. The Kier molecular flexibility index (Phi) is 5.79. The van der Waals surface area contributed by atoms with Gasteiger partial charge in [-0.1, -0.05) is 30.7 Å². The van der Waals surface area contributed by atoms with E-state index in [1.807, 2.05) is 26.0 Å². The number of amides is 1. The van der Waals surface area contributed by atoms with E-state index >= 15 is 0 Å². The van der Waals surface area contributed by atoms with Crippen molar-refractivity contribution in [2.75, 3.05) is 5.88 Å². The highest BCUT2D eigenvalue weighted by atomic mass is 35.5. The number of carbonyl (C=O) groups is 1. The molecular weight excluding hydrogens is 257 g/mol. The first kappa shape index (κ1) is 14.3. The third-order valence-corrected chi connectivity index (χ3v) is 3.46. The highest BCUT2D eigenvalue weighted by molar-refractivity contribution is 6.30. The van der Waals surface area contributed by atoms with Crippen molar-refractivity contribution in [2.45, 2.75) is 26.3 Å². The van der Waals surface area contributed by atoms with E-state index in [4.69, 9.17) is 23.2 Å². The van der Waals surface area contributed by atoms with Crippen LogP contribution in [0.1, 0.15) is 19.4 Å². The van der Waals surface area contributed by atoms with Crippen molar-refractivity contribution in [3.8, 4) is 0 Å².